The number of hydrogen-bond acceptors (Lipinski definition) is 5. The average molecular weight is 340 g/mol. The Hall–Kier alpha value is -1.70. The third-order valence-electron chi connectivity index (χ3n) is 3.72. The van der Waals surface area contributed by atoms with Crippen LogP contribution in [0.3, 0.4) is 0 Å². The second kappa shape index (κ2) is 8.81. The predicted octanol–water partition coefficient (Wildman–Crippen LogP) is 0.427. The maximum atomic E-state index is 11.8. The normalized spacial score (nSPS) is 16.1. The van der Waals surface area contributed by atoms with Crippen LogP contribution in [0.25, 0.3) is 0 Å². The van der Waals surface area contributed by atoms with Crippen molar-refractivity contribution in [3.05, 3.63) is 23.5 Å². The number of rotatable bonds is 5. The van der Waals surface area contributed by atoms with Crippen molar-refractivity contribution < 1.29 is 9.59 Å². The number of nitrogens with one attached hydrogen (secondary N) is 2. The van der Waals surface area contributed by atoms with Gasteiger partial charge in [-0.15, -0.1) is 0 Å². The molecule has 0 spiro atoms. The van der Waals surface area contributed by atoms with E-state index >= 15 is 0 Å². The molecule has 1 aromatic rings. The van der Waals surface area contributed by atoms with E-state index in [-0.39, 0.29) is 5.15 Å². The molecule has 0 saturated carbocycles. The van der Waals surface area contributed by atoms with Gasteiger partial charge in [-0.25, -0.2) is 4.98 Å². The van der Waals surface area contributed by atoms with Crippen molar-refractivity contribution in [2.45, 2.75) is 6.42 Å². The van der Waals surface area contributed by atoms with Crippen LogP contribution >= 0.6 is 11.6 Å². The van der Waals surface area contributed by atoms with Crippen LogP contribution < -0.4 is 10.6 Å². The average Bonchev–Trinajstić information content (AvgIpc) is 2.53. The number of aromatic nitrogens is 1. The van der Waals surface area contributed by atoms with E-state index in [1.165, 1.54) is 12.3 Å². The summed E-state index contributed by atoms with van der Waals surface area (Å²) in [7, 11) is 2.12. The van der Waals surface area contributed by atoms with Crippen LogP contribution in [0.2, 0.25) is 5.15 Å². The van der Waals surface area contributed by atoms with Crippen LogP contribution in [0, 0.1) is 0 Å². The Morgan fingerprint density at radius 3 is 2.70 bits per heavy atom. The SMILES string of the molecule is CN1CCN(CCCNC(=O)C(=O)Nc2ccnc(Cl)c2)CC1. The van der Waals surface area contributed by atoms with Crippen LogP contribution in [-0.2, 0) is 9.59 Å². The Kier molecular flexibility index (Phi) is 6.76. The van der Waals surface area contributed by atoms with Gasteiger partial charge in [0.25, 0.3) is 0 Å². The van der Waals surface area contributed by atoms with Crippen molar-refractivity contribution in [3.63, 3.8) is 0 Å². The molecule has 0 bridgehead atoms. The minimum absolute atomic E-state index is 0.260. The van der Waals surface area contributed by atoms with E-state index in [1.54, 1.807) is 6.07 Å². The number of piperazine rings is 1. The Balaban J connectivity index is 1.63. The molecule has 0 aliphatic carbocycles. The molecule has 0 radical (unpaired) electrons. The first-order valence-corrected chi connectivity index (χ1v) is 8.04. The quantitative estimate of drug-likeness (QED) is 0.462. The van der Waals surface area contributed by atoms with Gasteiger partial charge in [0.15, 0.2) is 0 Å². The third kappa shape index (κ3) is 6.13. The van der Waals surface area contributed by atoms with Crippen LogP contribution in [0.5, 0.6) is 0 Å². The van der Waals surface area contributed by atoms with Crippen LogP contribution in [0.1, 0.15) is 6.42 Å². The number of carbonyl (C=O) groups excluding carboxylic acids is 2. The van der Waals surface area contributed by atoms with E-state index in [0.29, 0.717) is 12.2 Å². The number of nitrogens with zero attached hydrogens (tertiary/aromatic N) is 3. The summed E-state index contributed by atoms with van der Waals surface area (Å²) < 4.78 is 0. The van der Waals surface area contributed by atoms with E-state index in [1.807, 2.05) is 0 Å². The molecular weight excluding hydrogens is 318 g/mol. The van der Waals surface area contributed by atoms with E-state index in [2.05, 4.69) is 32.5 Å². The highest BCUT2D eigenvalue weighted by molar-refractivity contribution is 6.39. The molecule has 2 N–H and O–H groups in total. The summed E-state index contributed by atoms with van der Waals surface area (Å²) in [6, 6.07) is 3.06. The summed E-state index contributed by atoms with van der Waals surface area (Å²) in [4.78, 5) is 32.0. The molecule has 1 aliphatic heterocycles. The molecule has 1 saturated heterocycles. The molecule has 1 aliphatic rings. The smallest absolute Gasteiger partial charge is 0.313 e. The maximum absolute atomic E-state index is 11.8. The zero-order valence-corrected chi connectivity index (χ0v) is 14.0. The molecule has 8 heteroatoms. The van der Waals surface area contributed by atoms with Gasteiger partial charge in [-0.1, -0.05) is 11.6 Å². The van der Waals surface area contributed by atoms with Crippen molar-refractivity contribution >= 4 is 29.1 Å². The summed E-state index contributed by atoms with van der Waals surface area (Å²) in [6.45, 7) is 5.65. The Morgan fingerprint density at radius 2 is 2.00 bits per heavy atom. The molecule has 0 aromatic carbocycles. The second-order valence-corrected chi connectivity index (χ2v) is 5.96. The Bertz CT molecular complexity index is 546. The highest BCUT2D eigenvalue weighted by Gasteiger charge is 2.15. The molecule has 2 amide bonds. The lowest BCUT2D eigenvalue weighted by molar-refractivity contribution is -0.136. The summed E-state index contributed by atoms with van der Waals surface area (Å²) in [5, 5.41) is 5.37. The van der Waals surface area contributed by atoms with Gasteiger partial charge < -0.3 is 20.4 Å². The van der Waals surface area contributed by atoms with Gasteiger partial charge in [0, 0.05) is 44.6 Å². The van der Waals surface area contributed by atoms with Crippen LogP contribution in [0.4, 0.5) is 5.69 Å². The summed E-state index contributed by atoms with van der Waals surface area (Å²) in [5.41, 5.74) is 0.447. The van der Waals surface area contributed by atoms with Crippen LogP contribution in [0.15, 0.2) is 18.3 Å². The third-order valence-corrected chi connectivity index (χ3v) is 3.93. The van der Waals surface area contributed by atoms with Gasteiger partial charge in [-0.05, 0) is 32.1 Å². The molecule has 0 unspecified atom stereocenters. The van der Waals surface area contributed by atoms with E-state index in [0.717, 1.165) is 39.1 Å². The molecule has 126 valence electrons. The topological polar surface area (TPSA) is 77.6 Å². The fourth-order valence-corrected chi connectivity index (χ4v) is 2.50. The second-order valence-electron chi connectivity index (χ2n) is 5.58. The summed E-state index contributed by atoms with van der Waals surface area (Å²) in [6.07, 6.45) is 2.29. The molecule has 7 nitrogen and oxygen atoms in total. The first kappa shape index (κ1) is 17.7. The molecule has 0 atom stereocenters. The number of amides is 2. The van der Waals surface area contributed by atoms with Crippen molar-refractivity contribution in [1.29, 1.82) is 0 Å². The van der Waals surface area contributed by atoms with Gasteiger partial charge in [-0.3, -0.25) is 9.59 Å². The van der Waals surface area contributed by atoms with Gasteiger partial charge >= 0.3 is 11.8 Å². The molecule has 2 rings (SSSR count). The van der Waals surface area contributed by atoms with Gasteiger partial charge in [-0.2, -0.15) is 0 Å². The van der Waals surface area contributed by atoms with Crippen molar-refractivity contribution in [3.8, 4) is 0 Å². The number of halogens is 1. The van der Waals surface area contributed by atoms with E-state index in [9.17, 15) is 9.59 Å². The number of likely N-dealkylation sites (N-methyl/N-ethyl adjacent to an activating group) is 1. The Labute approximate surface area is 141 Å². The largest absolute Gasteiger partial charge is 0.348 e. The van der Waals surface area contributed by atoms with Crippen molar-refractivity contribution in [2.75, 3.05) is 51.6 Å². The van der Waals surface area contributed by atoms with Crippen molar-refractivity contribution in [1.82, 2.24) is 20.1 Å². The van der Waals surface area contributed by atoms with Gasteiger partial charge in [0.05, 0.1) is 0 Å². The minimum atomic E-state index is -0.702. The predicted molar refractivity (Wildman–Crippen MR) is 89.4 cm³/mol. The van der Waals surface area contributed by atoms with Gasteiger partial charge in [0.2, 0.25) is 0 Å². The molecule has 1 fully saturated rings. The molecule has 23 heavy (non-hydrogen) atoms. The fourth-order valence-electron chi connectivity index (χ4n) is 2.32. The maximum Gasteiger partial charge on any atom is 0.313 e. The number of pyridine rings is 1. The monoisotopic (exact) mass is 339 g/mol. The molecule has 1 aromatic heterocycles. The molecular formula is C15H22ClN5O2. The zero-order chi connectivity index (χ0) is 16.7. The summed E-state index contributed by atoms with van der Waals surface area (Å²) >= 11 is 5.72. The first-order chi connectivity index (χ1) is 11.0. The summed E-state index contributed by atoms with van der Waals surface area (Å²) in [5.74, 6) is -1.34. The number of carbonyl (C=O) groups is 2. The lowest BCUT2D eigenvalue weighted by atomic mass is 10.3. The van der Waals surface area contributed by atoms with E-state index < -0.39 is 11.8 Å². The number of hydrogen-bond donors (Lipinski definition) is 2. The standard InChI is InChI=1S/C15H22ClN5O2/c1-20-7-9-21(10-8-20)6-2-4-18-14(22)15(23)19-12-3-5-17-13(16)11-12/h3,5,11H,2,4,6-10H2,1H3,(H,18,22)(H,17,19,23). The number of anilines is 1. The lowest BCUT2D eigenvalue weighted by Gasteiger charge is -2.32. The minimum Gasteiger partial charge on any atom is -0.348 e. The lowest BCUT2D eigenvalue weighted by Crippen LogP contribution is -2.45. The first-order valence-electron chi connectivity index (χ1n) is 7.66. The van der Waals surface area contributed by atoms with E-state index in [4.69, 9.17) is 11.6 Å². The Morgan fingerprint density at radius 1 is 1.26 bits per heavy atom. The highest BCUT2D eigenvalue weighted by Crippen LogP contribution is 2.11. The highest BCUT2D eigenvalue weighted by atomic mass is 35.5. The van der Waals surface area contributed by atoms with Crippen molar-refractivity contribution in [2.24, 2.45) is 0 Å². The zero-order valence-electron chi connectivity index (χ0n) is 13.2. The van der Waals surface area contributed by atoms with Crippen LogP contribution in [-0.4, -0.2) is 72.9 Å². The fraction of sp³-hybridized carbons (Fsp3) is 0.533. The van der Waals surface area contributed by atoms with Gasteiger partial charge in [0.1, 0.15) is 5.15 Å². The molecule has 2 heterocycles.